The summed E-state index contributed by atoms with van der Waals surface area (Å²) in [4.78, 5) is 17.3. The molecule has 0 radical (unpaired) electrons. The Balaban J connectivity index is 1.93. The van der Waals surface area contributed by atoms with E-state index in [1.165, 1.54) is 4.68 Å². The molecule has 25 heavy (non-hydrogen) atoms. The van der Waals surface area contributed by atoms with Crippen LogP contribution in [0.3, 0.4) is 0 Å². The van der Waals surface area contributed by atoms with E-state index in [-0.39, 0.29) is 5.56 Å². The minimum Gasteiger partial charge on any atom is -0.290 e. The molecule has 3 heterocycles. The highest BCUT2D eigenvalue weighted by molar-refractivity contribution is 6.30. The van der Waals surface area contributed by atoms with Crippen molar-refractivity contribution < 1.29 is 0 Å². The number of aromatic nitrogens is 5. The van der Waals surface area contributed by atoms with Crippen LogP contribution in [0.25, 0.3) is 38.4 Å². The zero-order chi connectivity index (χ0) is 17.1. The van der Waals surface area contributed by atoms with Crippen LogP contribution in [-0.2, 0) is 7.05 Å². The summed E-state index contributed by atoms with van der Waals surface area (Å²) in [6.07, 6.45) is 3.42. The number of hydrogen-bond acceptors (Lipinski definition) is 3. The minimum absolute atomic E-state index is 0.146. The van der Waals surface area contributed by atoms with Gasteiger partial charge in [-0.1, -0.05) is 11.6 Å². The van der Waals surface area contributed by atoms with E-state index < -0.39 is 0 Å². The summed E-state index contributed by atoms with van der Waals surface area (Å²) in [6.45, 7) is 0. The van der Waals surface area contributed by atoms with Crippen LogP contribution >= 0.6 is 11.6 Å². The van der Waals surface area contributed by atoms with E-state index in [1.54, 1.807) is 36.7 Å². The van der Waals surface area contributed by atoms with Gasteiger partial charge in [-0.25, -0.2) is 4.68 Å². The van der Waals surface area contributed by atoms with Gasteiger partial charge in [0.05, 0.1) is 33.8 Å². The minimum atomic E-state index is -0.146. The van der Waals surface area contributed by atoms with E-state index in [9.17, 15) is 4.79 Å². The van der Waals surface area contributed by atoms with Gasteiger partial charge in [-0.15, -0.1) is 0 Å². The summed E-state index contributed by atoms with van der Waals surface area (Å²) in [7, 11) is 1.89. The normalized spacial score (nSPS) is 11.8. The first-order chi connectivity index (χ1) is 12.1. The lowest BCUT2D eigenvalue weighted by Crippen LogP contribution is -2.13. The number of halogens is 1. The van der Waals surface area contributed by atoms with Gasteiger partial charge in [0.1, 0.15) is 0 Å². The maximum absolute atomic E-state index is 12.8. The van der Waals surface area contributed by atoms with Gasteiger partial charge in [-0.2, -0.15) is 5.10 Å². The van der Waals surface area contributed by atoms with E-state index in [2.05, 4.69) is 15.2 Å². The Bertz CT molecular complexity index is 1330. The molecule has 0 aliphatic heterocycles. The molecule has 0 bridgehead atoms. The predicted octanol–water partition coefficient (Wildman–Crippen LogP) is 3.41. The Morgan fingerprint density at radius 3 is 2.64 bits per heavy atom. The lowest BCUT2D eigenvalue weighted by Gasteiger charge is -2.02. The molecule has 0 amide bonds. The number of benzene rings is 2. The third-order valence-electron chi connectivity index (χ3n) is 4.50. The molecule has 0 saturated heterocycles. The van der Waals surface area contributed by atoms with Crippen molar-refractivity contribution in [3.63, 3.8) is 0 Å². The van der Waals surface area contributed by atoms with Gasteiger partial charge in [-0.3, -0.25) is 19.6 Å². The molecule has 0 unspecified atom stereocenters. The second kappa shape index (κ2) is 4.94. The Hall–Kier alpha value is -3.12. The maximum Gasteiger partial charge on any atom is 0.280 e. The third-order valence-corrected chi connectivity index (χ3v) is 4.76. The predicted molar refractivity (Wildman–Crippen MR) is 98.5 cm³/mol. The van der Waals surface area contributed by atoms with Crippen molar-refractivity contribution in [3.05, 3.63) is 64.2 Å². The van der Waals surface area contributed by atoms with E-state index in [0.29, 0.717) is 10.4 Å². The number of hydrogen-bond donors (Lipinski definition) is 1. The maximum atomic E-state index is 12.8. The number of fused-ring (bicyclic) bond motifs is 5. The molecule has 0 aliphatic rings. The summed E-state index contributed by atoms with van der Waals surface area (Å²) < 4.78 is 3.32. The Kier molecular flexibility index (Phi) is 2.81. The standard InChI is InChI=1S/C18H12ClN5O/c1-23-15-7-6-14-16(12(15)9-21-23)17-13(8-20-14)18(25)24(22-17)11-4-2-10(19)3-5-11/h2-9,22H,1H3. The molecule has 0 atom stereocenters. The number of nitrogens with zero attached hydrogens (tertiary/aromatic N) is 4. The molecule has 3 aromatic heterocycles. The number of nitrogens with one attached hydrogen (secondary N) is 1. The van der Waals surface area contributed by atoms with Crippen molar-refractivity contribution in [3.8, 4) is 5.69 Å². The molecule has 6 nitrogen and oxygen atoms in total. The Labute approximate surface area is 146 Å². The molecule has 5 rings (SSSR count). The van der Waals surface area contributed by atoms with Gasteiger partial charge < -0.3 is 0 Å². The van der Waals surface area contributed by atoms with Crippen molar-refractivity contribution in [2.75, 3.05) is 0 Å². The van der Waals surface area contributed by atoms with Crippen molar-refractivity contribution in [1.29, 1.82) is 0 Å². The van der Waals surface area contributed by atoms with E-state index in [1.807, 2.05) is 23.9 Å². The number of rotatable bonds is 1. The fourth-order valence-corrected chi connectivity index (χ4v) is 3.38. The van der Waals surface area contributed by atoms with Crippen LogP contribution in [0.4, 0.5) is 0 Å². The molecule has 5 aromatic rings. The third kappa shape index (κ3) is 1.94. The monoisotopic (exact) mass is 349 g/mol. The summed E-state index contributed by atoms with van der Waals surface area (Å²) in [5.74, 6) is 0. The summed E-state index contributed by atoms with van der Waals surface area (Å²) in [5, 5.41) is 10.6. The highest BCUT2D eigenvalue weighted by atomic mass is 35.5. The Morgan fingerprint density at radius 2 is 1.84 bits per heavy atom. The molecule has 0 aliphatic carbocycles. The smallest absolute Gasteiger partial charge is 0.280 e. The highest BCUT2D eigenvalue weighted by Gasteiger charge is 2.15. The van der Waals surface area contributed by atoms with Crippen molar-refractivity contribution >= 4 is 44.3 Å². The topological polar surface area (TPSA) is 68.5 Å². The van der Waals surface area contributed by atoms with Crippen LogP contribution in [-0.4, -0.2) is 24.5 Å². The average molecular weight is 350 g/mol. The molecule has 0 fully saturated rings. The summed E-state index contributed by atoms with van der Waals surface area (Å²) >= 11 is 5.95. The van der Waals surface area contributed by atoms with E-state index in [4.69, 9.17) is 11.6 Å². The van der Waals surface area contributed by atoms with Gasteiger partial charge in [0.2, 0.25) is 0 Å². The largest absolute Gasteiger partial charge is 0.290 e. The lowest BCUT2D eigenvalue weighted by molar-refractivity contribution is 0.797. The number of aromatic amines is 1. The number of aryl methyl sites for hydroxylation is 1. The number of H-pyrrole nitrogens is 1. The summed E-state index contributed by atoms with van der Waals surface area (Å²) in [6, 6.07) is 11.0. The van der Waals surface area contributed by atoms with Crippen molar-refractivity contribution in [2.24, 2.45) is 7.05 Å². The zero-order valence-electron chi connectivity index (χ0n) is 13.2. The summed E-state index contributed by atoms with van der Waals surface area (Å²) in [5.41, 5.74) is 3.13. The molecule has 122 valence electrons. The van der Waals surface area contributed by atoms with Gasteiger partial charge in [0, 0.05) is 29.0 Å². The van der Waals surface area contributed by atoms with Gasteiger partial charge in [-0.05, 0) is 36.4 Å². The van der Waals surface area contributed by atoms with Crippen molar-refractivity contribution in [2.45, 2.75) is 0 Å². The first kappa shape index (κ1) is 14.2. The molecular weight excluding hydrogens is 338 g/mol. The Morgan fingerprint density at radius 1 is 1.04 bits per heavy atom. The fraction of sp³-hybridized carbons (Fsp3) is 0.0556. The molecule has 2 aromatic carbocycles. The second-order valence-corrected chi connectivity index (χ2v) is 6.37. The van der Waals surface area contributed by atoms with E-state index >= 15 is 0 Å². The first-order valence-electron chi connectivity index (χ1n) is 7.73. The number of pyridine rings is 1. The average Bonchev–Trinajstić information content (AvgIpc) is 3.16. The molecule has 1 N–H and O–H groups in total. The molecular formula is C18H12ClN5O. The van der Waals surface area contributed by atoms with Gasteiger partial charge >= 0.3 is 0 Å². The lowest BCUT2D eigenvalue weighted by atomic mass is 10.1. The van der Waals surface area contributed by atoms with E-state index in [0.717, 1.165) is 33.0 Å². The van der Waals surface area contributed by atoms with Crippen LogP contribution in [0.1, 0.15) is 0 Å². The molecule has 0 spiro atoms. The van der Waals surface area contributed by atoms with Gasteiger partial charge in [0.15, 0.2) is 0 Å². The zero-order valence-corrected chi connectivity index (χ0v) is 13.9. The first-order valence-corrected chi connectivity index (χ1v) is 8.11. The molecule has 0 saturated carbocycles. The SMILES string of the molecule is Cn1ncc2c3c(ccc21)ncc1c(=O)n(-c2ccc(Cl)cc2)[nH]c13. The second-order valence-electron chi connectivity index (χ2n) is 5.94. The fourth-order valence-electron chi connectivity index (χ4n) is 3.25. The van der Waals surface area contributed by atoms with Crippen LogP contribution in [0, 0.1) is 0 Å². The molecule has 7 heteroatoms. The van der Waals surface area contributed by atoms with Gasteiger partial charge in [0.25, 0.3) is 5.56 Å². The van der Waals surface area contributed by atoms with Crippen LogP contribution in [0.15, 0.2) is 53.6 Å². The quantitative estimate of drug-likeness (QED) is 0.504. The van der Waals surface area contributed by atoms with Crippen molar-refractivity contribution in [1.82, 2.24) is 24.5 Å². The highest BCUT2D eigenvalue weighted by Crippen LogP contribution is 2.28. The van der Waals surface area contributed by atoms with Crippen LogP contribution in [0.5, 0.6) is 0 Å². The van der Waals surface area contributed by atoms with Crippen LogP contribution < -0.4 is 5.56 Å². The van der Waals surface area contributed by atoms with Crippen LogP contribution in [0.2, 0.25) is 5.02 Å².